The van der Waals surface area contributed by atoms with Crippen LogP contribution < -0.4 is 11.3 Å². The molecule has 0 atom stereocenters. The largest absolute Gasteiger partial charge is 0.339 e. The van der Waals surface area contributed by atoms with Crippen molar-refractivity contribution in [1.29, 1.82) is 0 Å². The number of carbonyl (C=O) groups is 1. The fourth-order valence-electron chi connectivity index (χ4n) is 1.38. The zero-order valence-electron chi connectivity index (χ0n) is 10.5. The number of amides is 1. The molecule has 0 aliphatic carbocycles. The Kier molecular flexibility index (Phi) is 4.22. The summed E-state index contributed by atoms with van der Waals surface area (Å²) in [6.45, 7) is 3.66. The molecule has 0 aliphatic heterocycles. The quantitative estimate of drug-likeness (QED) is 0.478. The van der Waals surface area contributed by atoms with E-state index in [0.717, 1.165) is 0 Å². The second kappa shape index (κ2) is 5.46. The molecule has 1 aromatic rings. The van der Waals surface area contributed by atoms with Gasteiger partial charge in [0.2, 0.25) is 0 Å². The van der Waals surface area contributed by atoms with Gasteiger partial charge in [0.1, 0.15) is 5.56 Å². The van der Waals surface area contributed by atoms with Gasteiger partial charge in [0.25, 0.3) is 11.6 Å². The summed E-state index contributed by atoms with van der Waals surface area (Å²) in [4.78, 5) is 23.9. The third kappa shape index (κ3) is 2.75. The van der Waals surface area contributed by atoms with Crippen molar-refractivity contribution in [2.45, 2.75) is 19.9 Å². The van der Waals surface area contributed by atoms with Gasteiger partial charge in [-0.3, -0.25) is 20.8 Å². The lowest BCUT2D eigenvalue weighted by Crippen LogP contribution is -2.33. The minimum Gasteiger partial charge on any atom is -0.339 e. The van der Waals surface area contributed by atoms with Crippen molar-refractivity contribution < 1.29 is 9.72 Å². The van der Waals surface area contributed by atoms with E-state index in [1.807, 2.05) is 13.8 Å². The molecule has 0 radical (unpaired) electrons. The van der Waals surface area contributed by atoms with Crippen molar-refractivity contribution in [3.63, 3.8) is 0 Å². The third-order valence-corrected chi connectivity index (χ3v) is 2.69. The van der Waals surface area contributed by atoms with Crippen molar-refractivity contribution in [2.75, 3.05) is 12.5 Å². The number of nitro benzene ring substituents is 1. The minimum absolute atomic E-state index is 0.0200. The molecule has 0 aromatic heterocycles. The molecule has 7 heteroatoms. The van der Waals surface area contributed by atoms with Crippen LogP contribution in [0.4, 0.5) is 11.4 Å². The van der Waals surface area contributed by atoms with Crippen LogP contribution in [0.1, 0.15) is 24.2 Å². The number of nitrogens with two attached hydrogens (primary N) is 1. The van der Waals surface area contributed by atoms with Gasteiger partial charge in [0.15, 0.2) is 0 Å². The predicted molar refractivity (Wildman–Crippen MR) is 68.1 cm³/mol. The lowest BCUT2D eigenvalue weighted by Gasteiger charge is -2.21. The smallest absolute Gasteiger partial charge is 0.282 e. The van der Waals surface area contributed by atoms with Gasteiger partial charge in [-0.2, -0.15) is 0 Å². The fourth-order valence-corrected chi connectivity index (χ4v) is 1.38. The molecule has 1 rings (SSSR count). The number of nitrogens with zero attached hydrogens (tertiary/aromatic N) is 2. The SMILES string of the molecule is CC(C)N(C)C(=O)c1cc(NN)ccc1[N+](=O)[O-]. The van der Waals surface area contributed by atoms with Gasteiger partial charge >= 0.3 is 0 Å². The van der Waals surface area contributed by atoms with Crippen molar-refractivity contribution in [3.8, 4) is 0 Å². The number of anilines is 1. The molecule has 7 nitrogen and oxygen atoms in total. The standard InChI is InChI=1S/C11H16N4O3/c1-7(2)14(3)11(16)9-6-8(13-12)4-5-10(9)15(17)18/h4-7,13H,12H2,1-3H3. The van der Waals surface area contributed by atoms with Gasteiger partial charge in [-0.15, -0.1) is 0 Å². The van der Waals surface area contributed by atoms with Crippen LogP contribution in [0.25, 0.3) is 0 Å². The van der Waals surface area contributed by atoms with Crippen LogP contribution >= 0.6 is 0 Å². The summed E-state index contributed by atoms with van der Waals surface area (Å²) in [7, 11) is 1.60. The molecule has 0 unspecified atom stereocenters. The molecule has 0 saturated heterocycles. The zero-order valence-corrected chi connectivity index (χ0v) is 10.5. The van der Waals surface area contributed by atoms with E-state index in [1.165, 1.54) is 23.1 Å². The first-order valence-corrected chi connectivity index (χ1v) is 5.40. The number of rotatable bonds is 4. The number of hydrogen-bond donors (Lipinski definition) is 2. The van der Waals surface area contributed by atoms with Gasteiger partial charge in [-0.1, -0.05) is 0 Å². The average Bonchev–Trinajstić information content (AvgIpc) is 2.35. The molecule has 0 bridgehead atoms. The highest BCUT2D eigenvalue weighted by molar-refractivity contribution is 5.99. The number of benzene rings is 1. The maximum Gasteiger partial charge on any atom is 0.282 e. The summed E-state index contributed by atoms with van der Waals surface area (Å²) in [6.07, 6.45) is 0. The number of nitro groups is 1. The Morgan fingerprint density at radius 3 is 2.56 bits per heavy atom. The van der Waals surface area contributed by atoms with E-state index < -0.39 is 10.8 Å². The van der Waals surface area contributed by atoms with E-state index in [9.17, 15) is 14.9 Å². The molecule has 0 fully saturated rings. The predicted octanol–water partition coefficient (Wildman–Crippen LogP) is 1.36. The van der Waals surface area contributed by atoms with Crippen molar-refractivity contribution in [2.24, 2.45) is 5.84 Å². The summed E-state index contributed by atoms with van der Waals surface area (Å²) >= 11 is 0. The van der Waals surface area contributed by atoms with Crippen LogP contribution in [0.2, 0.25) is 0 Å². The van der Waals surface area contributed by atoms with Gasteiger partial charge in [0, 0.05) is 24.8 Å². The van der Waals surface area contributed by atoms with Crippen LogP contribution in [-0.4, -0.2) is 28.8 Å². The molecule has 0 heterocycles. The summed E-state index contributed by atoms with van der Waals surface area (Å²) < 4.78 is 0. The average molecular weight is 252 g/mol. The van der Waals surface area contributed by atoms with Crippen LogP contribution in [0.15, 0.2) is 18.2 Å². The van der Waals surface area contributed by atoms with E-state index in [0.29, 0.717) is 5.69 Å². The van der Waals surface area contributed by atoms with Gasteiger partial charge in [-0.05, 0) is 26.0 Å². The number of hydrogen-bond acceptors (Lipinski definition) is 5. The Labute approximate surface area is 105 Å². The highest BCUT2D eigenvalue weighted by Gasteiger charge is 2.24. The Morgan fingerprint density at radius 1 is 1.50 bits per heavy atom. The summed E-state index contributed by atoms with van der Waals surface area (Å²) in [6, 6.07) is 4.03. The third-order valence-electron chi connectivity index (χ3n) is 2.69. The van der Waals surface area contributed by atoms with Crippen molar-refractivity contribution >= 4 is 17.3 Å². The number of carbonyl (C=O) groups excluding carboxylic acids is 1. The van der Waals surface area contributed by atoms with Crippen LogP contribution in [0.5, 0.6) is 0 Å². The van der Waals surface area contributed by atoms with Crippen molar-refractivity contribution in [1.82, 2.24) is 4.90 Å². The molecule has 1 amide bonds. The summed E-state index contributed by atoms with van der Waals surface area (Å²) in [5, 5.41) is 10.9. The molecule has 18 heavy (non-hydrogen) atoms. The number of nitrogen functional groups attached to an aromatic ring is 1. The fraction of sp³-hybridized carbons (Fsp3) is 0.364. The molecule has 98 valence electrons. The second-order valence-corrected chi connectivity index (χ2v) is 4.14. The zero-order chi connectivity index (χ0) is 13.9. The highest BCUT2D eigenvalue weighted by atomic mass is 16.6. The molecular formula is C11H16N4O3. The molecule has 1 aromatic carbocycles. The van der Waals surface area contributed by atoms with E-state index in [4.69, 9.17) is 5.84 Å². The van der Waals surface area contributed by atoms with E-state index >= 15 is 0 Å². The summed E-state index contributed by atoms with van der Waals surface area (Å²) in [5.41, 5.74) is 2.60. The Bertz CT molecular complexity index is 473. The van der Waals surface area contributed by atoms with E-state index in [-0.39, 0.29) is 17.3 Å². The van der Waals surface area contributed by atoms with Crippen LogP contribution in [0.3, 0.4) is 0 Å². The molecule has 0 spiro atoms. The molecule has 0 aliphatic rings. The van der Waals surface area contributed by atoms with Gasteiger partial charge in [-0.25, -0.2) is 0 Å². The molecular weight excluding hydrogens is 236 g/mol. The van der Waals surface area contributed by atoms with Crippen molar-refractivity contribution in [3.05, 3.63) is 33.9 Å². The van der Waals surface area contributed by atoms with E-state index in [2.05, 4.69) is 5.43 Å². The topological polar surface area (TPSA) is 102 Å². The molecule has 3 N–H and O–H groups in total. The normalized spacial score (nSPS) is 10.3. The summed E-state index contributed by atoms with van der Waals surface area (Å²) in [5.74, 6) is 4.83. The second-order valence-electron chi connectivity index (χ2n) is 4.14. The van der Waals surface area contributed by atoms with Crippen LogP contribution in [0, 0.1) is 10.1 Å². The first-order chi connectivity index (χ1) is 8.38. The first kappa shape index (κ1) is 13.9. The highest BCUT2D eigenvalue weighted by Crippen LogP contribution is 2.24. The lowest BCUT2D eigenvalue weighted by atomic mass is 10.1. The minimum atomic E-state index is -0.582. The lowest BCUT2D eigenvalue weighted by molar-refractivity contribution is -0.385. The molecule has 0 saturated carbocycles. The Morgan fingerprint density at radius 2 is 2.11 bits per heavy atom. The monoisotopic (exact) mass is 252 g/mol. The van der Waals surface area contributed by atoms with Gasteiger partial charge in [0.05, 0.1) is 4.92 Å². The Hall–Kier alpha value is -2.15. The maximum absolute atomic E-state index is 12.1. The number of nitrogens with one attached hydrogen (secondary N) is 1. The van der Waals surface area contributed by atoms with Crippen LogP contribution in [-0.2, 0) is 0 Å². The first-order valence-electron chi connectivity index (χ1n) is 5.40. The van der Waals surface area contributed by atoms with Gasteiger partial charge < -0.3 is 10.3 Å². The Balaban J connectivity index is 3.27. The number of hydrazine groups is 1. The van der Waals surface area contributed by atoms with E-state index in [1.54, 1.807) is 7.05 Å². The maximum atomic E-state index is 12.1.